The maximum Gasteiger partial charge on any atom is 0.259 e. The number of carbonyl (C=O) groups excluding carboxylic acids is 1. The molecule has 2 saturated heterocycles. The number of rotatable bonds is 4. The molecule has 176 valence electrons. The summed E-state index contributed by atoms with van der Waals surface area (Å²) in [6.45, 7) is 5.41. The van der Waals surface area contributed by atoms with Crippen LogP contribution in [-0.2, 0) is 24.1 Å². The van der Waals surface area contributed by atoms with Crippen LogP contribution in [0.15, 0.2) is 47.5 Å². The van der Waals surface area contributed by atoms with Crippen LogP contribution < -0.4 is 10.2 Å². The van der Waals surface area contributed by atoms with Crippen LogP contribution in [0, 0.1) is 5.41 Å². The Morgan fingerprint density at radius 3 is 2.74 bits per heavy atom. The highest BCUT2D eigenvalue weighted by molar-refractivity contribution is 5.97. The zero-order valence-electron chi connectivity index (χ0n) is 19.5. The van der Waals surface area contributed by atoms with Gasteiger partial charge in [0.25, 0.3) is 5.91 Å². The average molecular weight is 460 g/mol. The van der Waals surface area contributed by atoms with Crippen LogP contribution >= 0.6 is 0 Å². The van der Waals surface area contributed by atoms with E-state index in [1.54, 1.807) is 18.5 Å². The SMILES string of the molecule is CCn1cc(C(=O)N2CCC3(CCOC3)C2)c(=O)c2cc(OC3Cc4ccccc4C3)ncc21. The van der Waals surface area contributed by atoms with E-state index in [0.29, 0.717) is 43.0 Å². The van der Waals surface area contributed by atoms with Crippen molar-refractivity contribution in [1.29, 1.82) is 0 Å². The third-order valence-corrected chi connectivity index (χ3v) is 7.72. The van der Waals surface area contributed by atoms with Crippen molar-refractivity contribution in [3.05, 3.63) is 69.6 Å². The van der Waals surface area contributed by atoms with Crippen molar-refractivity contribution < 1.29 is 14.3 Å². The van der Waals surface area contributed by atoms with Crippen LogP contribution in [0.25, 0.3) is 10.9 Å². The number of aryl methyl sites for hydroxylation is 1. The molecule has 7 heteroatoms. The summed E-state index contributed by atoms with van der Waals surface area (Å²) in [6, 6.07) is 10.1. The van der Waals surface area contributed by atoms with Crippen molar-refractivity contribution in [2.75, 3.05) is 26.3 Å². The highest BCUT2D eigenvalue weighted by Gasteiger charge is 2.43. The van der Waals surface area contributed by atoms with E-state index in [1.807, 2.05) is 28.5 Å². The third-order valence-electron chi connectivity index (χ3n) is 7.72. The Morgan fingerprint density at radius 1 is 1.24 bits per heavy atom. The number of hydrogen-bond acceptors (Lipinski definition) is 5. The molecule has 1 atom stereocenters. The molecular formula is C27H29N3O4. The van der Waals surface area contributed by atoms with Gasteiger partial charge in [-0.05, 0) is 30.9 Å². The Labute approximate surface area is 198 Å². The van der Waals surface area contributed by atoms with Gasteiger partial charge in [0.05, 0.1) is 23.7 Å². The predicted molar refractivity (Wildman–Crippen MR) is 128 cm³/mol. The molecule has 1 amide bonds. The van der Waals surface area contributed by atoms with E-state index in [-0.39, 0.29) is 28.4 Å². The Balaban J connectivity index is 1.30. The zero-order chi connectivity index (χ0) is 23.3. The summed E-state index contributed by atoms with van der Waals surface area (Å²) in [5.74, 6) is 0.237. The monoisotopic (exact) mass is 459 g/mol. The minimum Gasteiger partial charge on any atom is -0.474 e. The molecule has 2 fully saturated rings. The van der Waals surface area contributed by atoms with Gasteiger partial charge in [-0.2, -0.15) is 0 Å². The van der Waals surface area contributed by atoms with Crippen molar-refractivity contribution in [2.45, 2.75) is 45.3 Å². The van der Waals surface area contributed by atoms with Crippen molar-refractivity contribution in [1.82, 2.24) is 14.5 Å². The molecule has 3 aliphatic rings. The number of hydrogen-bond donors (Lipinski definition) is 0. The summed E-state index contributed by atoms with van der Waals surface area (Å²) in [7, 11) is 0. The minimum atomic E-state index is -0.254. The van der Waals surface area contributed by atoms with E-state index in [1.165, 1.54) is 11.1 Å². The molecule has 4 heterocycles. The van der Waals surface area contributed by atoms with Gasteiger partial charge in [0, 0.05) is 56.8 Å². The van der Waals surface area contributed by atoms with Crippen molar-refractivity contribution in [3.8, 4) is 5.88 Å². The third kappa shape index (κ3) is 3.59. The van der Waals surface area contributed by atoms with Gasteiger partial charge in [0.15, 0.2) is 0 Å². The van der Waals surface area contributed by atoms with Crippen molar-refractivity contribution >= 4 is 16.8 Å². The first-order chi connectivity index (χ1) is 16.5. The fourth-order valence-corrected chi connectivity index (χ4v) is 5.77. The van der Waals surface area contributed by atoms with Crippen molar-refractivity contribution in [2.24, 2.45) is 5.41 Å². The number of nitrogens with zero attached hydrogens (tertiary/aromatic N) is 3. The smallest absolute Gasteiger partial charge is 0.259 e. The number of aromatic nitrogens is 2. The number of benzene rings is 1. The summed E-state index contributed by atoms with van der Waals surface area (Å²) in [5, 5.41) is 0.478. The number of carbonyl (C=O) groups is 1. The number of amides is 1. The van der Waals surface area contributed by atoms with E-state index < -0.39 is 0 Å². The van der Waals surface area contributed by atoms with Crippen LogP contribution in [0.2, 0.25) is 0 Å². The summed E-state index contributed by atoms with van der Waals surface area (Å²) in [4.78, 5) is 33.3. The Kier molecular flexibility index (Phi) is 5.17. The van der Waals surface area contributed by atoms with Crippen LogP contribution in [0.4, 0.5) is 0 Å². The lowest BCUT2D eigenvalue weighted by Crippen LogP contribution is -2.35. The van der Waals surface area contributed by atoms with Gasteiger partial charge in [0.1, 0.15) is 11.7 Å². The summed E-state index contributed by atoms with van der Waals surface area (Å²) < 4.78 is 13.7. The van der Waals surface area contributed by atoms with Gasteiger partial charge in [0.2, 0.25) is 11.3 Å². The maximum atomic E-state index is 13.5. The van der Waals surface area contributed by atoms with E-state index in [9.17, 15) is 9.59 Å². The van der Waals surface area contributed by atoms with Gasteiger partial charge in [-0.25, -0.2) is 4.98 Å². The molecule has 2 aliphatic heterocycles. The molecule has 0 N–H and O–H groups in total. The molecular weight excluding hydrogens is 430 g/mol. The lowest BCUT2D eigenvalue weighted by atomic mass is 9.87. The van der Waals surface area contributed by atoms with Crippen LogP contribution in [-0.4, -0.2) is 52.8 Å². The molecule has 0 saturated carbocycles. The molecule has 34 heavy (non-hydrogen) atoms. The fourth-order valence-electron chi connectivity index (χ4n) is 5.77. The van der Waals surface area contributed by atoms with Crippen LogP contribution in [0.1, 0.15) is 41.3 Å². The second-order valence-electron chi connectivity index (χ2n) is 9.89. The summed E-state index contributed by atoms with van der Waals surface area (Å²) >= 11 is 0. The van der Waals surface area contributed by atoms with E-state index in [0.717, 1.165) is 32.3 Å². The maximum absolute atomic E-state index is 13.5. The Bertz CT molecular complexity index is 1300. The number of fused-ring (bicyclic) bond motifs is 2. The van der Waals surface area contributed by atoms with Crippen LogP contribution in [0.3, 0.4) is 0 Å². The highest BCUT2D eigenvalue weighted by Crippen LogP contribution is 2.38. The fraction of sp³-hybridized carbons (Fsp3) is 0.444. The quantitative estimate of drug-likeness (QED) is 0.599. The lowest BCUT2D eigenvalue weighted by Gasteiger charge is -2.22. The van der Waals surface area contributed by atoms with E-state index in [4.69, 9.17) is 9.47 Å². The number of likely N-dealkylation sites (tertiary alicyclic amines) is 1. The molecule has 0 radical (unpaired) electrons. The first kappa shape index (κ1) is 21.4. The summed E-state index contributed by atoms with van der Waals surface area (Å²) in [6.07, 6.45) is 6.94. The molecule has 1 aromatic carbocycles. The predicted octanol–water partition coefficient (Wildman–Crippen LogP) is 3.22. The summed E-state index contributed by atoms with van der Waals surface area (Å²) in [5.41, 5.74) is 3.33. The topological polar surface area (TPSA) is 73.7 Å². The first-order valence-electron chi connectivity index (χ1n) is 12.2. The van der Waals surface area contributed by atoms with Crippen molar-refractivity contribution in [3.63, 3.8) is 0 Å². The van der Waals surface area contributed by atoms with E-state index >= 15 is 0 Å². The van der Waals surface area contributed by atoms with Gasteiger partial charge in [-0.3, -0.25) is 9.59 Å². The van der Waals surface area contributed by atoms with E-state index in [2.05, 4.69) is 17.1 Å². The van der Waals surface area contributed by atoms with Gasteiger partial charge in [-0.15, -0.1) is 0 Å². The molecule has 1 spiro atoms. The first-order valence-corrected chi connectivity index (χ1v) is 12.2. The molecule has 7 nitrogen and oxygen atoms in total. The average Bonchev–Trinajstić information content (AvgIpc) is 3.59. The zero-order valence-corrected chi connectivity index (χ0v) is 19.5. The second-order valence-corrected chi connectivity index (χ2v) is 9.89. The van der Waals surface area contributed by atoms with Gasteiger partial charge < -0.3 is 18.9 Å². The molecule has 0 bridgehead atoms. The van der Waals surface area contributed by atoms with Gasteiger partial charge >= 0.3 is 0 Å². The Morgan fingerprint density at radius 2 is 2.03 bits per heavy atom. The number of pyridine rings is 2. The largest absolute Gasteiger partial charge is 0.474 e. The molecule has 1 aliphatic carbocycles. The molecule has 3 aromatic rings. The molecule has 1 unspecified atom stereocenters. The van der Waals surface area contributed by atoms with Gasteiger partial charge in [-0.1, -0.05) is 24.3 Å². The number of ether oxygens (including phenoxy) is 2. The second kappa shape index (κ2) is 8.24. The molecule has 6 rings (SSSR count). The lowest BCUT2D eigenvalue weighted by molar-refractivity contribution is 0.0764. The minimum absolute atomic E-state index is 0.00464. The standard InChI is InChI=1S/C27H29N3O4/c1-2-29-15-22(26(32)30-9-7-27(16-30)8-10-33-17-27)25(31)21-13-24(28-14-23(21)29)34-20-11-18-5-3-4-6-19(18)12-20/h3-6,13-15,20H,2,7-12,16-17H2,1H3. The molecule has 2 aromatic heterocycles. The Hall–Kier alpha value is -3.19. The van der Waals surface area contributed by atoms with Crippen LogP contribution in [0.5, 0.6) is 5.88 Å². The normalized spacial score (nSPS) is 22.1. The highest BCUT2D eigenvalue weighted by atomic mass is 16.5.